The average Bonchev–Trinajstić information content (AvgIpc) is 2.97. The summed E-state index contributed by atoms with van der Waals surface area (Å²) in [5, 5.41) is 13.0. The van der Waals surface area contributed by atoms with Crippen LogP contribution in [0.2, 0.25) is 5.02 Å². The largest absolute Gasteiger partial charge is 0.350 e. The molecule has 0 saturated heterocycles. The minimum atomic E-state index is -0.351. The van der Waals surface area contributed by atoms with E-state index in [1.807, 2.05) is 18.2 Å². The monoisotopic (exact) mass is 404 g/mol. The molecule has 0 radical (unpaired) electrons. The molecule has 3 aromatic rings. The van der Waals surface area contributed by atoms with Gasteiger partial charge in [-0.05, 0) is 29.8 Å². The molecule has 132 valence electrons. The first-order chi connectivity index (χ1) is 12.6. The van der Waals surface area contributed by atoms with Gasteiger partial charge in [0.25, 0.3) is 5.91 Å². The Morgan fingerprint density at radius 2 is 2.12 bits per heavy atom. The predicted molar refractivity (Wildman–Crippen MR) is 106 cm³/mol. The van der Waals surface area contributed by atoms with E-state index in [1.54, 1.807) is 23.9 Å². The molecule has 0 aliphatic heterocycles. The second-order valence-electron chi connectivity index (χ2n) is 5.46. The van der Waals surface area contributed by atoms with Crippen LogP contribution >= 0.6 is 34.7 Å². The highest BCUT2D eigenvalue weighted by Crippen LogP contribution is 2.35. The summed E-state index contributed by atoms with van der Waals surface area (Å²) in [6, 6.07) is 13.9. The highest BCUT2D eigenvalue weighted by atomic mass is 35.5. The van der Waals surface area contributed by atoms with Crippen LogP contribution in [0.5, 0.6) is 0 Å². The third-order valence-electron chi connectivity index (χ3n) is 3.73. The van der Waals surface area contributed by atoms with E-state index in [9.17, 15) is 9.18 Å². The van der Waals surface area contributed by atoms with Gasteiger partial charge in [0.15, 0.2) is 0 Å². The quantitative estimate of drug-likeness (QED) is 0.572. The summed E-state index contributed by atoms with van der Waals surface area (Å²) < 4.78 is 14.0. The summed E-state index contributed by atoms with van der Waals surface area (Å²) in [5.74, 6) is 0.816. The molecule has 0 aliphatic rings. The molecule has 1 heterocycles. The van der Waals surface area contributed by atoms with Crippen molar-refractivity contribution in [2.45, 2.75) is 5.75 Å². The lowest BCUT2D eigenvalue weighted by atomic mass is 10.1. The number of rotatable bonds is 6. The first-order valence-corrected chi connectivity index (χ1v) is 10.2. The summed E-state index contributed by atoms with van der Waals surface area (Å²) in [6.07, 6.45) is 0. The van der Waals surface area contributed by atoms with E-state index in [1.165, 1.54) is 23.5 Å². The van der Waals surface area contributed by atoms with Crippen molar-refractivity contribution in [3.63, 3.8) is 0 Å². The Labute approximate surface area is 163 Å². The number of carbonyl (C=O) groups is 1. The van der Waals surface area contributed by atoms with Gasteiger partial charge in [-0.1, -0.05) is 29.8 Å². The van der Waals surface area contributed by atoms with E-state index in [0.29, 0.717) is 43.6 Å². The number of hydrogen-bond donors (Lipinski definition) is 1. The lowest BCUT2D eigenvalue weighted by Crippen LogP contribution is -2.25. The molecule has 0 atom stereocenters. The number of amides is 1. The van der Waals surface area contributed by atoms with Crippen LogP contribution in [-0.2, 0) is 5.75 Å². The second-order valence-corrected chi connectivity index (χ2v) is 8.00. The Kier molecular flexibility index (Phi) is 6.15. The zero-order valence-electron chi connectivity index (χ0n) is 13.6. The van der Waals surface area contributed by atoms with Crippen molar-refractivity contribution in [1.82, 2.24) is 5.32 Å². The number of benzene rings is 2. The van der Waals surface area contributed by atoms with Crippen molar-refractivity contribution < 1.29 is 9.18 Å². The first kappa shape index (κ1) is 18.7. The van der Waals surface area contributed by atoms with E-state index >= 15 is 0 Å². The molecular weight excluding hydrogens is 391 g/mol. The minimum absolute atomic E-state index is 0.255. The van der Waals surface area contributed by atoms with E-state index in [2.05, 4.69) is 11.4 Å². The van der Waals surface area contributed by atoms with Gasteiger partial charge in [-0.25, -0.2) is 4.39 Å². The van der Waals surface area contributed by atoms with Crippen LogP contribution < -0.4 is 5.32 Å². The molecule has 7 heteroatoms. The fraction of sp³-hybridized carbons (Fsp3) is 0.158. The van der Waals surface area contributed by atoms with Crippen molar-refractivity contribution in [3.05, 3.63) is 69.3 Å². The standard InChI is InChI=1S/C19H14ClFN2OS2/c20-17-15-6-5-14(21)9-16(15)26-18(17)19(24)23-7-8-25-11-13-4-2-1-3-12(13)10-22/h1-6,9H,7-8,11H2,(H,23,24). The maximum Gasteiger partial charge on any atom is 0.262 e. The van der Waals surface area contributed by atoms with Gasteiger partial charge in [-0.15, -0.1) is 11.3 Å². The average molecular weight is 405 g/mol. The van der Waals surface area contributed by atoms with Crippen LogP contribution in [0.15, 0.2) is 42.5 Å². The second kappa shape index (κ2) is 8.54. The number of nitrogens with zero attached hydrogens (tertiary/aromatic N) is 1. The summed E-state index contributed by atoms with van der Waals surface area (Å²) in [6.45, 7) is 0.483. The number of carbonyl (C=O) groups excluding carboxylic acids is 1. The molecule has 0 unspecified atom stereocenters. The molecule has 0 fully saturated rings. The Morgan fingerprint density at radius 1 is 1.31 bits per heavy atom. The van der Waals surface area contributed by atoms with Crippen LogP contribution in [0, 0.1) is 17.1 Å². The molecule has 0 saturated carbocycles. The number of halogens is 2. The van der Waals surface area contributed by atoms with E-state index in [-0.39, 0.29) is 11.7 Å². The Hall–Kier alpha value is -2.07. The van der Waals surface area contributed by atoms with E-state index in [0.717, 1.165) is 5.56 Å². The first-order valence-electron chi connectivity index (χ1n) is 7.81. The maximum absolute atomic E-state index is 13.3. The highest BCUT2D eigenvalue weighted by Gasteiger charge is 2.17. The van der Waals surface area contributed by atoms with Gasteiger partial charge >= 0.3 is 0 Å². The third-order valence-corrected chi connectivity index (χ3v) is 6.39. The summed E-state index contributed by atoms with van der Waals surface area (Å²) in [5.41, 5.74) is 1.66. The molecule has 0 bridgehead atoms. The van der Waals surface area contributed by atoms with Gasteiger partial charge in [0.2, 0.25) is 0 Å². The van der Waals surface area contributed by atoms with Gasteiger partial charge in [0.1, 0.15) is 10.7 Å². The molecular formula is C19H14ClFN2OS2. The molecule has 3 rings (SSSR count). The molecule has 26 heavy (non-hydrogen) atoms. The number of nitrogens with one attached hydrogen (secondary N) is 1. The number of nitriles is 1. The lowest BCUT2D eigenvalue weighted by molar-refractivity contribution is 0.0960. The molecule has 3 nitrogen and oxygen atoms in total. The number of fused-ring (bicyclic) bond motifs is 1. The maximum atomic E-state index is 13.3. The molecule has 0 aliphatic carbocycles. The number of thiophene rings is 1. The van der Waals surface area contributed by atoms with Crippen LogP contribution in [0.1, 0.15) is 20.8 Å². The van der Waals surface area contributed by atoms with Crippen molar-refractivity contribution >= 4 is 50.7 Å². The van der Waals surface area contributed by atoms with Crippen LogP contribution in [0.25, 0.3) is 10.1 Å². The van der Waals surface area contributed by atoms with Crippen molar-refractivity contribution in [3.8, 4) is 6.07 Å². The van der Waals surface area contributed by atoms with Crippen molar-refractivity contribution in [1.29, 1.82) is 5.26 Å². The predicted octanol–water partition coefficient (Wildman–Crippen LogP) is 5.23. The van der Waals surface area contributed by atoms with Gasteiger partial charge < -0.3 is 5.32 Å². The Balaban J connectivity index is 1.53. The summed E-state index contributed by atoms with van der Waals surface area (Å²) in [7, 11) is 0. The summed E-state index contributed by atoms with van der Waals surface area (Å²) >= 11 is 9.07. The van der Waals surface area contributed by atoms with Gasteiger partial charge in [0.05, 0.1) is 16.7 Å². The zero-order chi connectivity index (χ0) is 18.5. The van der Waals surface area contributed by atoms with Crippen LogP contribution in [-0.4, -0.2) is 18.2 Å². The molecule has 0 spiro atoms. The fourth-order valence-corrected chi connectivity index (χ4v) is 4.76. The number of thioether (sulfide) groups is 1. The summed E-state index contributed by atoms with van der Waals surface area (Å²) in [4.78, 5) is 12.7. The highest BCUT2D eigenvalue weighted by molar-refractivity contribution is 7.98. The van der Waals surface area contributed by atoms with Crippen LogP contribution in [0.4, 0.5) is 4.39 Å². The lowest BCUT2D eigenvalue weighted by Gasteiger charge is -2.05. The minimum Gasteiger partial charge on any atom is -0.350 e. The zero-order valence-corrected chi connectivity index (χ0v) is 16.0. The van der Waals surface area contributed by atoms with E-state index in [4.69, 9.17) is 16.9 Å². The topological polar surface area (TPSA) is 52.9 Å². The van der Waals surface area contributed by atoms with Gasteiger partial charge in [-0.2, -0.15) is 17.0 Å². The van der Waals surface area contributed by atoms with Gasteiger partial charge in [0, 0.05) is 28.1 Å². The molecule has 1 amide bonds. The van der Waals surface area contributed by atoms with E-state index < -0.39 is 0 Å². The van der Waals surface area contributed by atoms with Crippen LogP contribution in [0.3, 0.4) is 0 Å². The molecule has 1 N–H and O–H groups in total. The third kappa shape index (κ3) is 4.18. The SMILES string of the molecule is N#Cc1ccccc1CSCCNC(=O)c1sc2cc(F)ccc2c1Cl. The smallest absolute Gasteiger partial charge is 0.262 e. The normalized spacial score (nSPS) is 10.7. The van der Waals surface area contributed by atoms with Crippen molar-refractivity contribution in [2.24, 2.45) is 0 Å². The Morgan fingerprint density at radius 3 is 2.92 bits per heavy atom. The number of hydrogen-bond acceptors (Lipinski definition) is 4. The van der Waals surface area contributed by atoms with Crippen molar-refractivity contribution in [2.75, 3.05) is 12.3 Å². The molecule has 1 aromatic heterocycles. The fourth-order valence-electron chi connectivity index (χ4n) is 2.44. The Bertz CT molecular complexity index is 997. The molecule has 2 aromatic carbocycles. The van der Waals surface area contributed by atoms with Gasteiger partial charge in [-0.3, -0.25) is 4.79 Å².